The molecule has 2 fully saturated rings. The summed E-state index contributed by atoms with van der Waals surface area (Å²) in [5, 5.41) is 0. The summed E-state index contributed by atoms with van der Waals surface area (Å²) in [5.41, 5.74) is 4.84. The number of rotatable bonds is 9. The number of aromatic nitrogens is 2. The van der Waals surface area contributed by atoms with E-state index in [9.17, 15) is 0 Å². The van der Waals surface area contributed by atoms with Crippen LogP contribution in [-0.4, -0.2) is 85.3 Å². The summed E-state index contributed by atoms with van der Waals surface area (Å²) >= 11 is 0. The van der Waals surface area contributed by atoms with Crippen LogP contribution in [0.5, 0.6) is 5.75 Å². The number of nitrogens with zero attached hydrogens (tertiary/aromatic N) is 6. The first-order valence-corrected chi connectivity index (χ1v) is 16.3. The van der Waals surface area contributed by atoms with Crippen LogP contribution < -0.4 is 14.5 Å². The fourth-order valence-electron chi connectivity index (χ4n) is 7.42. The van der Waals surface area contributed by atoms with E-state index in [0.29, 0.717) is 0 Å². The first-order chi connectivity index (χ1) is 20.3. The van der Waals surface area contributed by atoms with Crippen LogP contribution in [0, 0.1) is 0 Å². The third-order valence-corrected chi connectivity index (χ3v) is 9.66. The Morgan fingerprint density at radius 3 is 2.12 bits per heavy atom. The third-order valence-electron chi connectivity index (χ3n) is 9.66. The number of benzene rings is 2. The van der Waals surface area contributed by atoms with Crippen LogP contribution in [0.4, 0.5) is 11.6 Å². The summed E-state index contributed by atoms with van der Waals surface area (Å²) in [6.45, 7) is 11.1. The Morgan fingerprint density at radius 1 is 0.707 bits per heavy atom. The van der Waals surface area contributed by atoms with Gasteiger partial charge in [-0.3, -0.25) is 0 Å². The lowest BCUT2D eigenvalue weighted by Gasteiger charge is -2.46. The number of piperidine rings is 2. The van der Waals surface area contributed by atoms with Gasteiger partial charge in [-0.25, -0.2) is 9.97 Å². The quantitative estimate of drug-likeness (QED) is 0.315. The molecule has 7 nitrogen and oxygen atoms in total. The molecule has 0 spiro atoms. The molecule has 7 heteroatoms. The monoisotopic (exact) mass is 554 g/mol. The zero-order valence-electron chi connectivity index (χ0n) is 24.6. The number of likely N-dealkylation sites (tertiary alicyclic amines) is 2. The highest BCUT2D eigenvalue weighted by molar-refractivity contribution is 5.82. The predicted molar refractivity (Wildman–Crippen MR) is 167 cm³/mol. The molecule has 0 N–H and O–H groups in total. The Morgan fingerprint density at radius 2 is 1.39 bits per heavy atom. The fraction of sp³-hybridized carbons (Fsp3) is 0.588. The van der Waals surface area contributed by atoms with Gasteiger partial charge in [0.25, 0.3) is 0 Å². The molecule has 218 valence electrons. The summed E-state index contributed by atoms with van der Waals surface area (Å²) in [6.07, 6.45) is 11.5. The summed E-state index contributed by atoms with van der Waals surface area (Å²) in [6, 6.07) is 15.4. The molecule has 5 heterocycles. The molecule has 0 radical (unpaired) electrons. The molecule has 2 saturated heterocycles. The third kappa shape index (κ3) is 6.02. The lowest BCUT2D eigenvalue weighted by Crippen LogP contribution is -2.48. The molecule has 3 aromatic rings. The van der Waals surface area contributed by atoms with Crippen LogP contribution in [0.1, 0.15) is 68.5 Å². The first kappa shape index (κ1) is 27.0. The molecular formula is C34H46N6O. The van der Waals surface area contributed by atoms with Gasteiger partial charge in [0.15, 0.2) is 11.6 Å². The van der Waals surface area contributed by atoms with E-state index in [1.807, 2.05) is 0 Å². The molecule has 0 amide bonds. The van der Waals surface area contributed by atoms with Gasteiger partial charge in [0.05, 0.1) is 23.7 Å². The minimum atomic E-state index is 0.272. The second-order valence-electron chi connectivity index (χ2n) is 12.5. The Labute approximate surface area is 245 Å². The maximum absolute atomic E-state index is 6.34. The molecule has 1 atom stereocenters. The highest BCUT2D eigenvalue weighted by Gasteiger charge is 2.37. The lowest BCUT2D eigenvalue weighted by molar-refractivity contribution is 0.205. The number of anilines is 2. The second kappa shape index (κ2) is 12.5. The molecule has 4 aliphatic heterocycles. The minimum absolute atomic E-state index is 0.272. The average Bonchev–Trinajstić information content (AvgIpc) is 3.03. The molecule has 7 rings (SSSR count). The van der Waals surface area contributed by atoms with Crippen LogP contribution in [0.15, 0.2) is 42.5 Å². The largest absolute Gasteiger partial charge is 0.494 e. The van der Waals surface area contributed by atoms with Crippen LogP contribution in [0.2, 0.25) is 0 Å². The van der Waals surface area contributed by atoms with Crippen LogP contribution >= 0.6 is 0 Å². The van der Waals surface area contributed by atoms with Crippen molar-refractivity contribution in [2.45, 2.75) is 63.8 Å². The van der Waals surface area contributed by atoms with Crippen molar-refractivity contribution in [1.29, 1.82) is 0 Å². The van der Waals surface area contributed by atoms with E-state index in [4.69, 9.17) is 14.7 Å². The van der Waals surface area contributed by atoms with E-state index in [0.717, 1.165) is 80.5 Å². The molecule has 0 saturated carbocycles. The lowest BCUT2D eigenvalue weighted by atomic mass is 9.90. The maximum Gasteiger partial charge on any atom is 0.173 e. The normalized spacial score (nSPS) is 21.4. The van der Waals surface area contributed by atoms with Gasteiger partial charge >= 0.3 is 0 Å². The van der Waals surface area contributed by atoms with Gasteiger partial charge < -0.3 is 24.3 Å². The highest BCUT2D eigenvalue weighted by Crippen LogP contribution is 2.43. The van der Waals surface area contributed by atoms with E-state index in [1.165, 1.54) is 82.4 Å². The zero-order valence-corrected chi connectivity index (χ0v) is 24.6. The number of ether oxygens (including phenoxy) is 1. The van der Waals surface area contributed by atoms with Crippen LogP contribution in [0.25, 0.3) is 11.0 Å². The number of para-hydroxylation sites is 2. The van der Waals surface area contributed by atoms with Crippen molar-refractivity contribution in [1.82, 2.24) is 19.8 Å². The number of hydrogen-bond donors (Lipinski definition) is 0. The predicted octanol–water partition coefficient (Wildman–Crippen LogP) is 5.68. The van der Waals surface area contributed by atoms with Crippen molar-refractivity contribution in [2.75, 3.05) is 75.3 Å². The van der Waals surface area contributed by atoms with Gasteiger partial charge in [-0.15, -0.1) is 0 Å². The standard InChI is InChI=1S/C34H46N6O/c1-5-16-37(17-6-1)20-9-22-39-26-32-29-25-28(41-24-10-21-38-18-7-2-8-19-38)14-13-27(29)15-23-40(32)34-33(39)35-30-11-3-4-12-31(30)36-34/h3-4,11-14,25,32H,1-2,5-10,15-24,26H2. The van der Waals surface area contributed by atoms with E-state index in [1.54, 1.807) is 0 Å². The zero-order chi connectivity index (χ0) is 27.4. The van der Waals surface area contributed by atoms with E-state index in [2.05, 4.69) is 62.1 Å². The number of fused-ring (bicyclic) bond motifs is 6. The Bertz CT molecular complexity index is 1320. The minimum Gasteiger partial charge on any atom is -0.494 e. The second-order valence-corrected chi connectivity index (χ2v) is 12.5. The molecular weight excluding hydrogens is 508 g/mol. The van der Waals surface area contributed by atoms with Crippen LogP contribution in [0.3, 0.4) is 0 Å². The van der Waals surface area contributed by atoms with Gasteiger partial charge in [-0.1, -0.05) is 31.0 Å². The highest BCUT2D eigenvalue weighted by atomic mass is 16.5. The van der Waals surface area contributed by atoms with Gasteiger partial charge in [0.1, 0.15) is 5.75 Å². The molecule has 41 heavy (non-hydrogen) atoms. The summed E-state index contributed by atoms with van der Waals surface area (Å²) in [7, 11) is 0. The van der Waals surface area contributed by atoms with E-state index in [-0.39, 0.29) is 6.04 Å². The molecule has 2 aromatic carbocycles. The maximum atomic E-state index is 6.34. The Balaban J connectivity index is 1.10. The topological polar surface area (TPSA) is 48.0 Å². The molecule has 4 aliphatic rings. The SMILES string of the molecule is c1ccc2nc3c(nc2c1)N(CCCN1CCCCC1)CC1c2cc(OCCCN4CCCCC4)ccc2CCN31. The first-order valence-electron chi connectivity index (χ1n) is 16.3. The summed E-state index contributed by atoms with van der Waals surface area (Å²) in [4.78, 5) is 20.7. The van der Waals surface area contributed by atoms with Gasteiger partial charge in [0, 0.05) is 26.2 Å². The van der Waals surface area contributed by atoms with Gasteiger partial charge in [-0.2, -0.15) is 0 Å². The Hall–Kier alpha value is -2.90. The average molecular weight is 555 g/mol. The van der Waals surface area contributed by atoms with Crippen molar-refractivity contribution in [3.63, 3.8) is 0 Å². The van der Waals surface area contributed by atoms with Crippen molar-refractivity contribution in [2.24, 2.45) is 0 Å². The number of hydrogen-bond acceptors (Lipinski definition) is 7. The molecule has 0 bridgehead atoms. The van der Waals surface area contributed by atoms with E-state index < -0.39 is 0 Å². The van der Waals surface area contributed by atoms with Gasteiger partial charge in [0.2, 0.25) is 0 Å². The van der Waals surface area contributed by atoms with Gasteiger partial charge in [-0.05, 0) is 113 Å². The van der Waals surface area contributed by atoms with Crippen molar-refractivity contribution < 1.29 is 4.74 Å². The van der Waals surface area contributed by atoms with Crippen molar-refractivity contribution >= 4 is 22.7 Å². The summed E-state index contributed by atoms with van der Waals surface area (Å²) < 4.78 is 6.34. The van der Waals surface area contributed by atoms with E-state index >= 15 is 0 Å². The molecule has 1 unspecified atom stereocenters. The van der Waals surface area contributed by atoms with Crippen molar-refractivity contribution in [3.05, 3.63) is 53.6 Å². The van der Waals surface area contributed by atoms with Crippen LogP contribution in [-0.2, 0) is 6.42 Å². The molecule has 1 aromatic heterocycles. The molecule has 0 aliphatic carbocycles. The van der Waals surface area contributed by atoms with Crippen molar-refractivity contribution in [3.8, 4) is 5.75 Å². The fourth-order valence-corrected chi connectivity index (χ4v) is 7.42. The summed E-state index contributed by atoms with van der Waals surface area (Å²) in [5.74, 6) is 3.12. The Kier molecular flexibility index (Phi) is 8.25. The smallest absolute Gasteiger partial charge is 0.173 e.